The fraction of sp³-hybridized carbons (Fsp3) is 0.222. The molecule has 6 heteroatoms. The van der Waals surface area contributed by atoms with E-state index < -0.39 is 4.92 Å². The first-order chi connectivity index (χ1) is 7.18. The Hall–Kier alpha value is -2.11. The molecule has 0 amide bonds. The van der Waals surface area contributed by atoms with Crippen molar-refractivity contribution in [3.05, 3.63) is 33.9 Å². The average Bonchev–Trinajstić information content (AvgIpc) is 2.71. The molecular weight excluding hydrogens is 198 g/mol. The Morgan fingerprint density at radius 3 is 2.93 bits per heavy atom. The molecule has 2 N–H and O–H groups in total. The lowest BCUT2D eigenvalue weighted by Crippen LogP contribution is -2.03. The molecule has 1 aromatic carbocycles. The minimum Gasteiger partial charge on any atom is -0.476 e. The molecule has 6 nitrogen and oxygen atoms in total. The van der Waals surface area contributed by atoms with Crippen LogP contribution >= 0.6 is 0 Å². The van der Waals surface area contributed by atoms with Gasteiger partial charge in [0.1, 0.15) is 12.3 Å². The quantitative estimate of drug-likeness (QED) is 0.444. The lowest BCUT2D eigenvalue weighted by molar-refractivity contribution is -0.383. The highest BCUT2D eigenvalue weighted by atomic mass is 16.6. The molecule has 0 saturated heterocycles. The number of nitro groups is 1. The van der Waals surface area contributed by atoms with Crippen LogP contribution in [0.5, 0.6) is 0 Å². The van der Waals surface area contributed by atoms with Crippen LogP contribution in [0.2, 0.25) is 0 Å². The maximum atomic E-state index is 10.6. The zero-order chi connectivity index (χ0) is 10.8. The van der Waals surface area contributed by atoms with Crippen LogP contribution in [0.1, 0.15) is 5.56 Å². The Morgan fingerprint density at radius 2 is 2.33 bits per heavy atom. The highest BCUT2D eigenvalue weighted by molar-refractivity contribution is 5.96. The second kappa shape index (κ2) is 3.56. The third-order valence-corrected chi connectivity index (χ3v) is 2.06. The van der Waals surface area contributed by atoms with E-state index in [4.69, 9.17) is 10.5 Å². The zero-order valence-corrected chi connectivity index (χ0v) is 7.84. The first kappa shape index (κ1) is 9.45. The molecule has 1 aliphatic rings. The van der Waals surface area contributed by atoms with Gasteiger partial charge in [-0.25, -0.2) is 4.99 Å². The maximum Gasteiger partial charge on any atom is 0.292 e. The van der Waals surface area contributed by atoms with Crippen LogP contribution in [0.4, 0.5) is 11.4 Å². The van der Waals surface area contributed by atoms with Gasteiger partial charge in [-0.3, -0.25) is 10.1 Å². The summed E-state index contributed by atoms with van der Waals surface area (Å²) in [5.74, 6) is 0.443. The van der Waals surface area contributed by atoms with Crippen LogP contribution in [0.15, 0.2) is 23.2 Å². The van der Waals surface area contributed by atoms with Crippen molar-refractivity contribution in [2.45, 2.75) is 0 Å². The summed E-state index contributed by atoms with van der Waals surface area (Å²) in [6.07, 6.45) is 0. The monoisotopic (exact) mass is 207 g/mol. The number of nitro benzene ring substituents is 1. The van der Waals surface area contributed by atoms with Crippen molar-refractivity contribution < 1.29 is 9.66 Å². The molecular formula is C9H9N3O3. The van der Waals surface area contributed by atoms with Crippen LogP contribution in [-0.4, -0.2) is 24.0 Å². The number of hydrogen-bond donors (Lipinski definition) is 1. The van der Waals surface area contributed by atoms with E-state index in [1.54, 1.807) is 6.07 Å². The smallest absolute Gasteiger partial charge is 0.292 e. The van der Waals surface area contributed by atoms with Gasteiger partial charge in [0.2, 0.25) is 5.90 Å². The molecule has 0 aliphatic carbocycles. The van der Waals surface area contributed by atoms with E-state index in [0.717, 1.165) is 0 Å². The van der Waals surface area contributed by atoms with Crippen molar-refractivity contribution in [1.29, 1.82) is 0 Å². The molecule has 0 unspecified atom stereocenters. The molecule has 2 rings (SSSR count). The van der Waals surface area contributed by atoms with Gasteiger partial charge in [-0.1, -0.05) is 0 Å². The van der Waals surface area contributed by atoms with Crippen LogP contribution in [0, 0.1) is 10.1 Å². The first-order valence-electron chi connectivity index (χ1n) is 4.40. The van der Waals surface area contributed by atoms with Gasteiger partial charge in [-0.2, -0.15) is 0 Å². The number of benzene rings is 1. The largest absolute Gasteiger partial charge is 0.476 e. The number of nitrogens with zero attached hydrogens (tertiary/aromatic N) is 2. The number of nitrogens with two attached hydrogens (primary N) is 1. The summed E-state index contributed by atoms with van der Waals surface area (Å²) in [5, 5.41) is 10.6. The maximum absolute atomic E-state index is 10.6. The van der Waals surface area contributed by atoms with Crippen molar-refractivity contribution in [2.24, 2.45) is 4.99 Å². The highest BCUT2D eigenvalue weighted by Crippen LogP contribution is 2.23. The van der Waals surface area contributed by atoms with Crippen molar-refractivity contribution in [3.8, 4) is 0 Å². The van der Waals surface area contributed by atoms with Gasteiger partial charge in [0, 0.05) is 11.6 Å². The number of anilines is 1. The molecule has 1 aliphatic heterocycles. The van der Waals surface area contributed by atoms with Gasteiger partial charge in [0.25, 0.3) is 5.69 Å². The van der Waals surface area contributed by atoms with Crippen LogP contribution < -0.4 is 5.73 Å². The summed E-state index contributed by atoms with van der Waals surface area (Å²) < 4.78 is 5.20. The summed E-state index contributed by atoms with van der Waals surface area (Å²) >= 11 is 0. The summed E-state index contributed by atoms with van der Waals surface area (Å²) in [6, 6.07) is 4.52. The minimum absolute atomic E-state index is 0.120. The average molecular weight is 207 g/mol. The second-order valence-electron chi connectivity index (χ2n) is 3.07. The van der Waals surface area contributed by atoms with E-state index in [2.05, 4.69) is 4.99 Å². The predicted molar refractivity (Wildman–Crippen MR) is 54.9 cm³/mol. The predicted octanol–water partition coefficient (Wildman–Crippen LogP) is 0.954. The molecule has 0 spiro atoms. The topological polar surface area (TPSA) is 90.8 Å². The Labute approximate surface area is 85.5 Å². The number of rotatable bonds is 2. The van der Waals surface area contributed by atoms with Crippen molar-refractivity contribution >= 4 is 17.3 Å². The SMILES string of the molecule is Nc1ccc(C2=NCCO2)cc1[N+](=O)[O-]. The summed E-state index contributed by atoms with van der Waals surface area (Å²) in [5.41, 5.74) is 6.08. The summed E-state index contributed by atoms with van der Waals surface area (Å²) in [4.78, 5) is 14.2. The van der Waals surface area contributed by atoms with Gasteiger partial charge in [0.05, 0.1) is 11.5 Å². The molecule has 0 aromatic heterocycles. The van der Waals surface area contributed by atoms with E-state index in [1.807, 2.05) is 0 Å². The fourth-order valence-corrected chi connectivity index (χ4v) is 1.34. The summed E-state index contributed by atoms with van der Waals surface area (Å²) in [7, 11) is 0. The zero-order valence-electron chi connectivity index (χ0n) is 7.84. The second-order valence-corrected chi connectivity index (χ2v) is 3.07. The fourth-order valence-electron chi connectivity index (χ4n) is 1.34. The number of nitrogen functional groups attached to an aromatic ring is 1. The van der Waals surface area contributed by atoms with E-state index in [-0.39, 0.29) is 11.4 Å². The van der Waals surface area contributed by atoms with Gasteiger partial charge >= 0.3 is 0 Å². The van der Waals surface area contributed by atoms with E-state index in [9.17, 15) is 10.1 Å². The summed E-state index contributed by atoms with van der Waals surface area (Å²) in [6.45, 7) is 1.11. The van der Waals surface area contributed by atoms with Gasteiger partial charge < -0.3 is 10.5 Å². The molecule has 78 valence electrons. The lowest BCUT2D eigenvalue weighted by atomic mass is 10.2. The number of ether oxygens (including phenoxy) is 1. The molecule has 0 saturated carbocycles. The minimum atomic E-state index is -0.519. The van der Waals surface area contributed by atoms with Crippen molar-refractivity contribution in [3.63, 3.8) is 0 Å². The molecule has 1 aromatic rings. The van der Waals surface area contributed by atoms with E-state index in [0.29, 0.717) is 24.6 Å². The van der Waals surface area contributed by atoms with Gasteiger partial charge in [-0.15, -0.1) is 0 Å². The molecule has 1 heterocycles. The molecule has 0 atom stereocenters. The Kier molecular flexibility index (Phi) is 2.24. The molecule has 0 radical (unpaired) electrons. The standard InChI is InChI=1S/C9H9N3O3/c10-7-2-1-6(5-8(7)12(13)14)9-11-3-4-15-9/h1-2,5H,3-4,10H2. The Bertz CT molecular complexity index is 442. The van der Waals surface area contributed by atoms with Crippen LogP contribution in [0.25, 0.3) is 0 Å². The van der Waals surface area contributed by atoms with E-state index >= 15 is 0 Å². The molecule has 15 heavy (non-hydrogen) atoms. The third kappa shape index (κ3) is 1.74. The number of hydrogen-bond acceptors (Lipinski definition) is 5. The Morgan fingerprint density at radius 1 is 1.53 bits per heavy atom. The van der Waals surface area contributed by atoms with Crippen LogP contribution in [0.3, 0.4) is 0 Å². The van der Waals surface area contributed by atoms with Crippen molar-refractivity contribution in [1.82, 2.24) is 0 Å². The molecule has 0 fully saturated rings. The molecule has 0 bridgehead atoms. The van der Waals surface area contributed by atoms with Gasteiger partial charge in [0.15, 0.2) is 0 Å². The number of aliphatic imine (C=N–C) groups is 1. The lowest BCUT2D eigenvalue weighted by Gasteiger charge is -2.02. The highest BCUT2D eigenvalue weighted by Gasteiger charge is 2.16. The third-order valence-electron chi connectivity index (χ3n) is 2.06. The van der Waals surface area contributed by atoms with Crippen LogP contribution in [-0.2, 0) is 4.74 Å². The normalized spacial score (nSPS) is 14.5. The van der Waals surface area contributed by atoms with Gasteiger partial charge in [-0.05, 0) is 12.1 Å². The first-order valence-corrected chi connectivity index (χ1v) is 4.40. The van der Waals surface area contributed by atoms with Crippen molar-refractivity contribution in [2.75, 3.05) is 18.9 Å². The Balaban J connectivity index is 2.42. The van der Waals surface area contributed by atoms with E-state index in [1.165, 1.54) is 12.1 Å².